The Balaban J connectivity index is 1.96. The largest absolute Gasteiger partial charge is 0.444 e. The average molecular weight is 541 g/mol. The number of carbonyl (C=O) groups excluding carboxylic acids is 3. The van der Waals surface area contributed by atoms with Crippen LogP contribution in [0.25, 0.3) is 10.9 Å². The van der Waals surface area contributed by atoms with Gasteiger partial charge in [-0.3, -0.25) is 14.4 Å². The number of carbonyl (C=O) groups is 3. The predicted octanol–water partition coefficient (Wildman–Crippen LogP) is 4.39. The highest BCUT2D eigenvalue weighted by molar-refractivity contribution is 6.00. The second-order valence-electron chi connectivity index (χ2n) is 11.7. The maximum Gasteiger partial charge on any atom is 0.410 e. The minimum atomic E-state index is -0.590. The van der Waals surface area contributed by atoms with Crippen molar-refractivity contribution in [1.82, 2.24) is 19.7 Å². The fourth-order valence-electron chi connectivity index (χ4n) is 5.21. The van der Waals surface area contributed by atoms with E-state index in [4.69, 9.17) is 4.74 Å². The summed E-state index contributed by atoms with van der Waals surface area (Å²) in [5.74, 6) is -0.202. The van der Waals surface area contributed by atoms with Crippen LogP contribution in [0.3, 0.4) is 0 Å². The number of fused-ring (bicyclic) bond motifs is 1. The Kier molecular flexibility index (Phi) is 9.46. The van der Waals surface area contributed by atoms with Crippen molar-refractivity contribution in [1.29, 1.82) is 0 Å². The number of rotatable bonds is 7. The van der Waals surface area contributed by atoms with Gasteiger partial charge in [-0.2, -0.15) is 0 Å². The first-order chi connectivity index (χ1) is 18.2. The Morgan fingerprint density at radius 1 is 1.13 bits per heavy atom. The standard InChI is InChI=1S/C30H44N4O5/c1-9-26(35)31-12-14-33-25-17-24(20(4)15-22(25)16-21(5)27(33)36)28(37)34(19(2)3)23-11-10-13-32(18-23)29(38)39-30(6,7)8/h15-17,19,23H,9-14,18H2,1-8H3,(H,31,35)/t23-/m1/s1. The van der Waals surface area contributed by atoms with Crippen molar-refractivity contribution in [3.05, 3.63) is 45.2 Å². The lowest BCUT2D eigenvalue weighted by molar-refractivity contribution is -0.120. The van der Waals surface area contributed by atoms with Crippen LogP contribution in [0, 0.1) is 13.8 Å². The zero-order valence-electron chi connectivity index (χ0n) is 24.7. The molecule has 9 heteroatoms. The Bertz CT molecular complexity index is 1290. The topological polar surface area (TPSA) is 101 Å². The first-order valence-electron chi connectivity index (χ1n) is 14.0. The summed E-state index contributed by atoms with van der Waals surface area (Å²) in [6.07, 6.45) is 1.58. The van der Waals surface area contributed by atoms with E-state index in [0.29, 0.717) is 49.2 Å². The van der Waals surface area contributed by atoms with Gasteiger partial charge in [0.2, 0.25) is 5.91 Å². The third-order valence-corrected chi connectivity index (χ3v) is 7.06. The van der Waals surface area contributed by atoms with Crippen molar-refractivity contribution in [3.8, 4) is 0 Å². The highest BCUT2D eigenvalue weighted by atomic mass is 16.6. The molecule has 1 atom stereocenters. The quantitative estimate of drug-likeness (QED) is 0.561. The van der Waals surface area contributed by atoms with E-state index < -0.39 is 5.60 Å². The summed E-state index contributed by atoms with van der Waals surface area (Å²) in [4.78, 5) is 55.3. The van der Waals surface area contributed by atoms with Crippen molar-refractivity contribution in [2.24, 2.45) is 0 Å². The molecular weight excluding hydrogens is 496 g/mol. The molecule has 0 aliphatic carbocycles. The molecule has 2 aromatic rings. The molecule has 39 heavy (non-hydrogen) atoms. The molecular formula is C30H44N4O5. The first-order valence-corrected chi connectivity index (χ1v) is 14.0. The molecule has 1 fully saturated rings. The molecule has 3 rings (SSSR count). The highest BCUT2D eigenvalue weighted by Crippen LogP contribution is 2.26. The molecule has 1 aliphatic heterocycles. The SMILES string of the molecule is CCC(=O)NCCn1c(=O)c(C)cc2cc(C)c(C(=O)N(C(C)C)[C@@H]3CCCN(C(=O)OC(C)(C)C)C3)cc21. The Hall–Kier alpha value is -3.36. The fraction of sp³-hybridized carbons (Fsp3) is 0.600. The molecule has 1 saturated heterocycles. The van der Waals surface area contributed by atoms with Gasteiger partial charge >= 0.3 is 6.09 Å². The molecule has 1 N–H and O–H groups in total. The zero-order chi connectivity index (χ0) is 29.1. The van der Waals surface area contributed by atoms with Gasteiger partial charge in [-0.1, -0.05) is 6.92 Å². The van der Waals surface area contributed by atoms with Gasteiger partial charge in [0, 0.05) is 49.8 Å². The van der Waals surface area contributed by atoms with Gasteiger partial charge in [-0.05, 0) is 90.5 Å². The smallest absolute Gasteiger partial charge is 0.410 e. The van der Waals surface area contributed by atoms with Crippen LogP contribution in [0.4, 0.5) is 4.79 Å². The number of amides is 3. The average Bonchev–Trinajstić information content (AvgIpc) is 2.85. The number of nitrogens with zero attached hydrogens (tertiary/aromatic N) is 3. The van der Waals surface area contributed by atoms with E-state index in [2.05, 4.69) is 5.32 Å². The van der Waals surface area contributed by atoms with Gasteiger partial charge in [0.15, 0.2) is 0 Å². The van der Waals surface area contributed by atoms with E-state index in [1.165, 1.54) is 0 Å². The Morgan fingerprint density at radius 3 is 2.41 bits per heavy atom. The normalized spacial score (nSPS) is 15.9. The number of aryl methyl sites for hydroxylation is 2. The molecule has 0 radical (unpaired) electrons. The second kappa shape index (κ2) is 12.2. The summed E-state index contributed by atoms with van der Waals surface area (Å²) in [7, 11) is 0. The van der Waals surface area contributed by atoms with E-state index in [0.717, 1.165) is 23.8 Å². The second-order valence-corrected chi connectivity index (χ2v) is 11.7. The van der Waals surface area contributed by atoms with Crippen LogP contribution >= 0.6 is 0 Å². The van der Waals surface area contributed by atoms with Gasteiger partial charge in [-0.15, -0.1) is 0 Å². The third-order valence-electron chi connectivity index (χ3n) is 7.06. The molecule has 214 valence electrons. The van der Waals surface area contributed by atoms with Crippen LogP contribution in [-0.4, -0.2) is 69.6 Å². The van der Waals surface area contributed by atoms with Crippen LogP contribution in [0.5, 0.6) is 0 Å². The Morgan fingerprint density at radius 2 is 1.79 bits per heavy atom. The highest BCUT2D eigenvalue weighted by Gasteiger charge is 2.34. The summed E-state index contributed by atoms with van der Waals surface area (Å²) >= 11 is 0. The molecule has 0 unspecified atom stereocenters. The summed E-state index contributed by atoms with van der Waals surface area (Å²) in [6, 6.07) is 5.35. The molecule has 1 aromatic carbocycles. The van der Waals surface area contributed by atoms with Crippen molar-refractivity contribution in [3.63, 3.8) is 0 Å². The molecule has 1 aliphatic rings. The maximum absolute atomic E-state index is 14.1. The molecule has 2 heterocycles. The lowest BCUT2D eigenvalue weighted by Gasteiger charge is -2.41. The van der Waals surface area contributed by atoms with Crippen LogP contribution in [0.15, 0.2) is 23.0 Å². The number of hydrogen-bond acceptors (Lipinski definition) is 5. The summed E-state index contributed by atoms with van der Waals surface area (Å²) in [5.41, 5.74) is 1.88. The number of nitrogens with one attached hydrogen (secondary N) is 1. The van der Waals surface area contributed by atoms with Crippen LogP contribution < -0.4 is 10.9 Å². The van der Waals surface area contributed by atoms with E-state index in [-0.39, 0.29) is 35.6 Å². The number of likely N-dealkylation sites (tertiary alicyclic amines) is 1. The molecule has 0 spiro atoms. The molecule has 1 aromatic heterocycles. The van der Waals surface area contributed by atoms with Crippen LogP contribution in [0.2, 0.25) is 0 Å². The van der Waals surface area contributed by atoms with Crippen LogP contribution in [-0.2, 0) is 16.1 Å². The number of piperidine rings is 1. The van der Waals surface area contributed by atoms with E-state index in [9.17, 15) is 19.2 Å². The first kappa shape index (κ1) is 30.2. The van der Waals surface area contributed by atoms with Crippen molar-refractivity contribution in [2.45, 2.75) is 98.9 Å². The lowest BCUT2D eigenvalue weighted by atomic mass is 9.98. The minimum absolute atomic E-state index is 0.0767. The van der Waals surface area contributed by atoms with E-state index >= 15 is 0 Å². The monoisotopic (exact) mass is 540 g/mol. The maximum atomic E-state index is 14.1. The van der Waals surface area contributed by atoms with E-state index in [1.807, 2.05) is 58.6 Å². The number of pyridine rings is 1. The molecule has 0 bridgehead atoms. The zero-order valence-corrected chi connectivity index (χ0v) is 24.7. The van der Waals surface area contributed by atoms with Gasteiger partial charge in [0.1, 0.15) is 5.60 Å². The van der Waals surface area contributed by atoms with E-state index in [1.54, 1.807) is 29.4 Å². The van der Waals surface area contributed by atoms with Gasteiger partial charge in [0.25, 0.3) is 11.5 Å². The van der Waals surface area contributed by atoms with Gasteiger partial charge in [0.05, 0.1) is 11.6 Å². The van der Waals surface area contributed by atoms with Gasteiger partial charge < -0.3 is 24.4 Å². The van der Waals surface area contributed by atoms with Crippen LogP contribution in [0.1, 0.15) is 82.3 Å². The summed E-state index contributed by atoms with van der Waals surface area (Å²) in [5, 5.41) is 3.70. The van der Waals surface area contributed by atoms with Crippen molar-refractivity contribution in [2.75, 3.05) is 19.6 Å². The number of hydrogen-bond donors (Lipinski definition) is 1. The minimum Gasteiger partial charge on any atom is -0.444 e. The van der Waals surface area contributed by atoms with Gasteiger partial charge in [-0.25, -0.2) is 4.79 Å². The summed E-state index contributed by atoms with van der Waals surface area (Å²) in [6.45, 7) is 16.6. The number of ether oxygens (including phenoxy) is 1. The molecule has 9 nitrogen and oxygen atoms in total. The third kappa shape index (κ3) is 7.19. The molecule has 0 saturated carbocycles. The fourth-order valence-corrected chi connectivity index (χ4v) is 5.21. The predicted molar refractivity (Wildman–Crippen MR) is 153 cm³/mol. The molecule has 3 amide bonds. The summed E-state index contributed by atoms with van der Waals surface area (Å²) < 4.78 is 7.23. The van der Waals surface area contributed by atoms with Crippen molar-refractivity contribution >= 4 is 28.8 Å². The number of benzene rings is 1. The lowest BCUT2D eigenvalue weighted by Crippen LogP contribution is -2.54. The number of aromatic nitrogens is 1. The Labute approximate surface area is 231 Å². The van der Waals surface area contributed by atoms with Crippen molar-refractivity contribution < 1.29 is 19.1 Å².